The van der Waals surface area contributed by atoms with Crippen LogP contribution in [0.25, 0.3) is 0 Å². The molecule has 0 heterocycles. The molecule has 0 aliphatic heterocycles. The lowest BCUT2D eigenvalue weighted by molar-refractivity contribution is 0.146. The van der Waals surface area contributed by atoms with Crippen LogP contribution in [0.5, 0.6) is 0 Å². The van der Waals surface area contributed by atoms with Gasteiger partial charge < -0.3 is 10.8 Å². The fraction of sp³-hybridized carbons (Fsp3) is 0.200. The van der Waals surface area contributed by atoms with Gasteiger partial charge in [0.2, 0.25) is 0 Å². The maximum Gasteiger partial charge on any atom is 0.0944 e. The summed E-state index contributed by atoms with van der Waals surface area (Å²) in [6.07, 6.45) is 0.0630. The summed E-state index contributed by atoms with van der Waals surface area (Å²) in [6, 6.07) is 19.3. The third-order valence-electron chi connectivity index (χ3n) is 2.86. The Labute approximate surface area is 114 Å². The lowest BCUT2D eigenvalue weighted by atomic mass is 9.97. The fourth-order valence-electron chi connectivity index (χ4n) is 1.90. The Morgan fingerprint density at radius 3 is 1.94 bits per heavy atom. The zero-order chi connectivity index (χ0) is 12.1. The van der Waals surface area contributed by atoms with E-state index >= 15 is 0 Å². The molecule has 2 rings (SSSR count). The average molecular weight is 264 g/mol. The average Bonchev–Trinajstić information content (AvgIpc) is 2.40. The van der Waals surface area contributed by atoms with Crippen LogP contribution in [0.3, 0.4) is 0 Å². The van der Waals surface area contributed by atoms with Crippen molar-refractivity contribution in [3.8, 4) is 0 Å². The minimum absolute atomic E-state index is 0. The number of hydrogen-bond acceptors (Lipinski definition) is 2. The summed E-state index contributed by atoms with van der Waals surface area (Å²) in [4.78, 5) is 0. The minimum Gasteiger partial charge on any atom is -0.387 e. The van der Waals surface area contributed by atoms with Gasteiger partial charge in [0.05, 0.1) is 6.10 Å². The minimum atomic E-state index is -0.614. The van der Waals surface area contributed by atoms with E-state index in [1.165, 1.54) is 0 Å². The van der Waals surface area contributed by atoms with Crippen molar-refractivity contribution in [2.24, 2.45) is 5.73 Å². The number of aliphatic hydroxyl groups is 1. The van der Waals surface area contributed by atoms with E-state index in [-0.39, 0.29) is 18.4 Å². The first-order chi connectivity index (χ1) is 8.27. The van der Waals surface area contributed by atoms with Gasteiger partial charge in [0.25, 0.3) is 0 Å². The van der Waals surface area contributed by atoms with Crippen LogP contribution in [-0.2, 0) is 6.42 Å². The molecule has 0 amide bonds. The molecule has 96 valence electrons. The van der Waals surface area contributed by atoms with Crippen molar-refractivity contribution in [2.75, 3.05) is 0 Å². The molecule has 18 heavy (non-hydrogen) atoms. The number of rotatable bonds is 4. The predicted octanol–water partition coefficient (Wildman–Crippen LogP) is 2.71. The summed E-state index contributed by atoms with van der Waals surface area (Å²) in [7, 11) is 0. The van der Waals surface area contributed by atoms with Crippen LogP contribution in [0.2, 0.25) is 0 Å². The molecule has 2 unspecified atom stereocenters. The van der Waals surface area contributed by atoms with E-state index < -0.39 is 6.10 Å². The molecule has 2 aromatic rings. The van der Waals surface area contributed by atoms with Crippen molar-refractivity contribution in [3.63, 3.8) is 0 Å². The highest BCUT2D eigenvalue weighted by Crippen LogP contribution is 2.17. The molecule has 2 atom stereocenters. The zero-order valence-corrected chi connectivity index (χ0v) is 10.9. The molecule has 0 saturated heterocycles. The van der Waals surface area contributed by atoms with E-state index in [1.807, 2.05) is 60.7 Å². The van der Waals surface area contributed by atoms with Crippen LogP contribution in [-0.4, -0.2) is 11.1 Å². The van der Waals surface area contributed by atoms with Crippen LogP contribution in [0, 0.1) is 0 Å². The van der Waals surface area contributed by atoms with Gasteiger partial charge in [-0.05, 0) is 17.5 Å². The van der Waals surface area contributed by atoms with E-state index in [1.54, 1.807) is 0 Å². The van der Waals surface area contributed by atoms with Gasteiger partial charge in [0.1, 0.15) is 0 Å². The number of aliphatic hydroxyl groups excluding tert-OH is 1. The smallest absolute Gasteiger partial charge is 0.0944 e. The largest absolute Gasteiger partial charge is 0.387 e. The van der Waals surface area contributed by atoms with Gasteiger partial charge in [-0.3, -0.25) is 0 Å². The summed E-state index contributed by atoms with van der Waals surface area (Å²) in [5, 5.41) is 10.1. The third kappa shape index (κ3) is 3.84. The normalized spacial score (nSPS) is 13.4. The van der Waals surface area contributed by atoms with Crippen molar-refractivity contribution < 1.29 is 5.11 Å². The van der Waals surface area contributed by atoms with E-state index in [2.05, 4.69) is 0 Å². The summed E-state index contributed by atoms with van der Waals surface area (Å²) >= 11 is 0. The number of hydrogen-bond donors (Lipinski definition) is 2. The predicted molar refractivity (Wildman–Crippen MR) is 76.8 cm³/mol. The molecule has 0 aliphatic rings. The molecule has 0 fully saturated rings. The lowest BCUT2D eigenvalue weighted by Gasteiger charge is -2.19. The second-order valence-corrected chi connectivity index (χ2v) is 4.21. The monoisotopic (exact) mass is 263 g/mol. The molecule has 3 N–H and O–H groups in total. The third-order valence-corrected chi connectivity index (χ3v) is 2.86. The van der Waals surface area contributed by atoms with Gasteiger partial charge in [-0.15, -0.1) is 12.4 Å². The van der Waals surface area contributed by atoms with Crippen LogP contribution in [0.4, 0.5) is 0 Å². The quantitative estimate of drug-likeness (QED) is 0.891. The molecule has 0 aromatic heterocycles. The molecule has 0 spiro atoms. The number of benzene rings is 2. The lowest BCUT2D eigenvalue weighted by Crippen LogP contribution is -2.30. The Kier molecular flexibility index (Phi) is 5.86. The van der Waals surface area contributed by atoms with Crippen LogP contribution in [0.15, 0.2) is 60.7 Å². The number of halogens is 1. The van der Waals surface area contributed by atoms with Crippen molar-refractivity contribution in [2.45, 2.75) is 18.6 Å². The highest BCUT2D eigenvalue weighted by Gasteiger charge is 2.16. The molecule has 0 saturated carbocycles. The summed E-state index contributed by atoms with van der Waals surface area (Å²) < 4.78 is 0. The highest BCUT2D eigenvalue weighted by atomic mass is 35.5. The van der Waals surface area contributed by atoms with E-state index in [9.17, 15) is 5.11 Å². The molecule has 0 aliphatic carbocycles. The first kappa shape index (κ1) is 14.7. The molecule has 2 aromatic carbocycles. The van der Waals surface area contributed by atoms with E-state index in [0.717, 1.165) is 11.1 Å². The zero-order valence-electron chi connectivity index (χ0n) is 10.1. The summed E-state index contributed by atoms with van der Waals surface area (Å²) in [5.41, 5.74) is 8.05. The van der Waals surface area contributed by atoms with Gasteiger partial charge in [0.15, 0.2) is 0 Å². The Hall–Kier alpha value is -1.35. The molecular weight excluding hydrogens is 246 g/mol. The van der Waals surface area contributed by atoms with Gasteiger partial charge in [-0.1, -0.05) is 60.7 Å². The summed E-state index contributed by atoms with van der Waals surface area (Å²) in [5.74, 6) is 0. The van der Waals surface area contributed by atoms with Crippen LogP contribution < -0.4 is 5.73 Å². The van der Waals surface area contributed by atoms with Crippen LogP contribution >= 0.6 is 12.4 Å². The molecular formula is C15H18ClNO. The van der Waals surface area contributed by atoms with Gasteiger partial charge in [0, 0.05) is 6.04 Å². The fourth-order valence-corrected chi connectivity index (χ4v) is 1.90. The maximum atomic E-state index is 10.1. The van der Waals surface area contributed by atoms with E-state index in [0.29, 0.717) is 6.42 Å². The van der Waals surface area contributed by atoms with Crippen molar-refractivity contribution >= 4 is 12.4 Å². The number of nitrogens with two attached hydrogens (primary N) is 1. The van der Waals surface area contributed by atoms with Crippen LogP contribution in [0.1, 0.15) is 17.2 Å². The van der Waals surface area contributed by atoms with Crippen molar-refractivity contribution in [1.82, 2.24) is 0 Å². The van der Waals surface area contributed by atoms with Gasteiger partial charge in [-0.25, -0.2) is 0 Å². The second kappa shape index (κ2) is 7.17. The maximum absolute atomic E-state index is 10.1. The summed E-state index contributed by atoms with van der Waals surface area (Å²) in [6.45, 7) is 0. The Balaban J connectivity index is 0.00000162. The SMILES string of the molecule is Cl.NC(Cc1ccccc1)C(O)c1ccccc1. The van der Waals surface area contributed by atoms with Gasteiger partial charge >= 0.3 is 0 Å². The van der Waals surface area contributed by atoms with Crippen molar-refractivity contribution in [3.05, 3.63) is 71.8 Å². The second-order valence-electron chi connectivity index (χ2n) is 4.21. The van der Waals surface area contributed by atoms with Gasteiger partial charge in [-0.2, -0.15) is 0 Å². The molecule has 0 bridgehead atoms. The van der Waals surface area contributed by atoms with E-state index in [4.69, 9.17) is 5.73 Å². The Morgan fingerprint density at radius 2 is 1.39 bits per heavy atom. The Bertz CT molecular complexity index is 447. The first-order valence-corrected chi connectivity index (χ1v) is 5.80. The highest BCUT2D eigenvalue weighted by molar-refractivity contribution is 5.85. The first-order valence-electron chi connectivity index (χ1n) is 5.80. The molecule has 0 radical (unpaired) electrons. The topological polar surface area (TPSA) is 46.2 Å². The molecule has 3 heteroatoms. The standard InChI is InChI=1S/C15H17NO.ClH/c16-14(11-12-7-3-1-4-8-12)15(17)13-9-5-2-6-10-13;/h1-10,14-15,17H,11,16H2;1H. The molecule has 2 nitrogen and oxygen atoms in total. The van der Waals surface area contributed by atoms with Crippen molar-refractivity contribution in [1.29, 1.82) is 0 Å². The Morgan fingerprint density at radius 1 is 0.889 bits per heavy atom.